The van der Waals surface area contributed by atoms with Crippen LogP contribution < -0.4 is 15.8 Å². The normalized spacial score (nSPS) is 9.95. The van der Waals surface area contributed by atoms with Gasteiger partial charge in [0.1, 0.15) is 5.75 Å². The number of amides is 1. The van der Waals surface area contributed by atoms with Gasteiger partial charge in [0.05, 0.1) is 19.2 Å². The van der Waals surface area contributed by atoms with Crippen molar-refractivity contribution in [3.8, 4) is 5.75 Å². The molecule has 4 nitrogen and oxygen atoms in total. The zero-order valence-electron chi connectivity index (χ0n) is 10.6. The number of carbonyl (C=O) groups is 1. The summed E-state index contributed by atoms with van der Waals surface area (Å²) >= 11 is 0. The first-order valence-electron chi connectivity index (χ1n) is 5.83. The lowest BCUT2D eigenvalue weighted by Crippen LogP contribution is -2.13. The molecule has 2 rings (SSSR count). The molecule has 0 heterocycles. The first kappa shape index (κ1) is 13.0. The fraction of sp³-hybridized carbons (Fsp3) is 0.0667. The second kappa shape index (κ2) is 5.91. The molecule has 2 aromatic rings. The quantitative estimate of drug-likeness (QED) is 0.862. The monoisotopic (exact) mass is 255 g/mol. The Morgan fingerprint density at radius 1 is 1.16 bits per heavy atom. The van der Waals surface area contributed by atoms with Crippen molar-refractivity contribution in [1.29, 1.82) is 0 Å². The third-order valence-corrected chi connectivity index (χ3v) is 2.70. The van der Waals surface area contributed by atoms with Gasteiger partial charge in [0.15, 0.2) is 0 Å². The molecular weight excluding hydrogens is 240 g/mol. The Morgan fingerprint density at radius 2 is 1.84 bits per heavy atom. The third-order valence-electron chi connectivity index (χ3n) is 2.70. The van der Waals surface area contributed by atoms with E-state index in [4.69, 9.17) is 10.5 Å². The second-order valence-corrected chi connectivity index (χ2v) is 3.97. The predicted molar refractivity (Wildman–Crippen MR) is 75.0 cm³/mol. The second-order valence-electron chi connectivity index (χ2n) is 3.97. The van der Waals surface area contributed by atoms with Gasteiger partial charge in [-0.2, -0.15) is 0 Å². The van der Waals surface area contributed by atoms with Gasteiger partial charge >= 0.3 is 0 Å². The summed E-state index contributed by atoms with van der Waals surface area (Å²) < 4.78 is 5.09. The number of nitrogens with one attached hydrogen (secondary N) is 1. The van der Waals surface area contributed by atoms with Crippen molar-refractivity contribution in [1.82, 2.24) is 0 Å². The van der Waals surface area contributed by atoms with E-state index in [1.54, 1.807) is 31.9 Å². The van der Waals surface area contributed by atoms with E-state index in [2.05, 4.69) is 5.32 Å². The van der Waals surface area contributed by atoms with Gasteiger partial charge in [0.2, 0.25) is 0 Å². The van der Waals surface area contributed by atoms with Crippen LogP contribution in [0.5, 0.6) is 5.75 Å². The number of methoxy groups -OCH3 is 1. The molecule has 0 aliphatic heterocycles. The Bertz CT molecular complexity index is 565. The van der Waals surface area contributed by atoms with E-state index >= 15 is 0 Å². The zero-order chi connectivity index (χ0) is 13.7. The third kappa shape index (κ3) is 3.25. The number of benzene rings is 2. The van der Waals surface area contributed by atoms with E-state index in [9.17, 15) is 4.79 Å². The van der Waals surface area contributed by atoms with Gasteiger partial charge in [-0.3, -0.25) is 4.79 Å². The number of rotatable bonds is 5. The maximum Gasteiger partial charge on any atom is 0.250 e. The molecule has 2 aromatic carbocycles. The fourth-order valence-corrected chi connectivity index (χ4v) is 1.69. The van der Waals surface area contributed by atoms with Crippen LogP contribution >= 0.6 is 0 Å². The summed E-state index contributed by atoms with van der Waals surface area (Å²) in [5.41, 5.74) is 7.44. The molecule has 4 heteroatoms. The Kier molecular flexibility index (Phi) is 4.03. The molecule has 0 atom stereocenters. The lowest BCUT2D eigenvalue weighted by atomic mass is 10.1. The minimum absolute atomic E-state index is 0.453. The van der Waals surface area contributed by atoms with Crippen molar-refractivity contribution < 1.29 is 9.53 Å². The van der Waals surface area contributed by atoms with Crippen molar-refractivity contribution in [2.75, 3.05) is 12.4 Å². The van der Waals surface area contributed by atoms with Crippen LogP contribution in [-0.2, 0) is 0 Å². The largest absolute Gasteiger partial charge is 0.497 e. The Balaban J connectivity index is 2.07. The summed E-state index contributed by atoms with van der Waals surface area (Å²) in [4.78, 5) is 11.3. The van der Waals surface area contributed by atoms with E-state index < -0.39 is 5.91 Å². The van der Waals surface area contributed by atoms with Crippen molar-refractivity contribution in [3.63, 3.8) is 0 Å². The number of ether oxygens (including phenoxy) is 1. The summed E-state index contributed by atoms with van der Waals surface area (Å²) in [5.74, 6) is 0.348. The summed E-state index contributed by atoms with van der Waals surface area (Å²) in [5, 5.41) is 3.08. The number of carbonyl (C=O) groups excluding carboxylic acids is 1. The maximum atomic E-state index is 11.3. The number of anilines is 1. The molecule has 0 aliphatic rings. The van der Waals surface area contributed by atoms with Gasteiger partial charge < -0.3 is 15.8 Å². The van der Waals surface area contributed by atoms with Crippen molar-refractivity contribution in [2.24, 2.45) is 5.73 Å². The van der Waals surface area contributed by atoms with E-state index in [0.29, 0.717) is 11.3 Å². The summed E-state index contributed by atoms with van der Waals surface area (Å²) in [7, 11) is 1.63. The average Bonchev–Trinajstić information content (AvgIpc) is 2.46. The number of primary amides is 1. The molecule has 0 aromatic heterocycles. The highest BCUT2D eigenvalue weighted by atomic mass is 16.5. The predicted octanol–water partition coefficient (Wildman–Crippen LogP) is 2.42. The minimum Gasteiger partial charge on any atom is -0.497 e. The summed E-state index contributed by atoms with van der Waals surface area (Å²) in [6.45, 7) is 1.81. The van der Waals surface area contributed by atoms with Gasteiger partial charge in [-0.05, 0) is 29.8 Å². The molecule has 0 saturated heterocycles. The lowest BCUT2D eigenvalue weighted by molar-refractivity contribution is 0.100. The Morgan fingerprint density at radius 3 is 2.47 bits per heavy atom. The average molecular weight is 255 g/mol. The van der Waals surface area contributed by atoms with E-state index in [1.165, 1.54) is 0 Å². The lowest BCUT2D eigenvalue weighted by Gasteiger charge is -2.09. The smallest absolute Gasteiger partial charge is 0.250 e. The standard InChI is InChI=1S/C15H15N2O2/c1-19-12-8-6-11(7-9-12)10-17-14-5-3-2-4-13(14)15(16)18/h2-10,17H,1H3,(H2,16,18). The van der Waals surface area contributed by atoms with Crippen LogP contribution in [0.25, 0.3) is 0 Å². The van der Waals surface area contributed by atoms with Gasteiger partial charge in [-0.1, -0.05) is 24.3 Å². The molecule has 0 spiro atoms. The molecule has 0 aliphatic carbocycles. The highest BCUT2D eigenvalue weighted by Crippen LogP contribution is 2.17. The first-order valence-corrected chi connectivity index (χ1v) is 5.83. The van der Waals surface area contributed by atoms with Crippen LogP contribution in [0.2, 0.25) is 0 Å². The molecule has 3 N–H and O–H groups in total. The number of hydrogen-bond acceptors (Lipinski definition) is 3. The van der Waals surface area contributed by atoms with Gasteiger partial charge in [-0.25, -0.2) is 0 Å². The molecule has 0 unspecified atom stereocenters. The van der Waals surface area contributed by atoms with Crippen LogP contribution in [0, 0.1) is 6.54 Å². The van der Waals surface area contributed by atoms with Crippen LogP contribution in [-0.4, -0.2) is 13.0 Å². The zero-order valence-corrected chi connectivity index (χ0v) is 10.6. The van der Waals surface area contributed by atoms with Crippen LogP contribution in [0.15, 0.2) is 48.5 Å². The summed E-state index contributed by atoms with van der Waals surface area (Å²) in [6.07, 6.45) is 0. The SMILES string of the molecule is COc1ccc([CH]Nc2ccccc2C(N)=O)cc1. The van der Waals surface area contributed by atoms with Gasteiger partial charge in [-0.15, -0.1) is 0 Å². The molecule has 19 heavy (non-hydrogen) atoms. The van der Waals surface area contributed by atoms with E-state index in [0.717, 1.165) is 11.3 Å². The molecule has 0 saturated carbocycles. The number of nitrogens with two attached hydrogens (primary N) is 1. The maximum absolute atomic E-state index is 11.3. The topological polar surface area (TPSA) is 64.3 Å². The van der Waals surface area contributed by atoms with Crippen molar-refractivity contribution >= 4 is 11.6 Å². The van der Waals surface area contributed by atoms with Crippen LogP contribution in [0.3, 0.4) is 0 Å². The van der Waals surface area contributed by atoms with Gasteiger partial charge in [0.25, 0.3) is 5.91 Å². The minimum atomic E-state index is -0.453. The van der Waals surface area contributed by atoms with Crippen molar-refractivity contribution in [3.05, 3.63) is 66.2 Å². The molecule has 1 amide bonds. The first-order chi connectivity index (χ1) is 9.20. The molecule has 97 valence electrons. The molecule has 0 fully saturated rings. The highest BCUT2D eigenvalue weighted by molar-refractivity contribution is 5.98. The molecule has 1 radical (unpaired) electrons. The van der Waals surface area contributed by atoms with E-state index in [-0.39, 0.29) is 0 Å². The van der Waals surface area contributed by atoms with Crippen molar-refractivity contribution in [2.45, 2.75) is 0 Å². The van der Waals surface area contributed by atoms with Crippen LogP contribution in [0.4, 0.5) is 5.69 Å². The molecular formula is C15H15N2O2. The molecule has 0 bridgehead atoms. The number of hydrogen-bond donors (Lipinski definition) is 2. The van der Waals surface area contributed by atoms with Gasteiger partial charge in [0, 0.05) is 5.69 Å². The Hall–Kier alpha value is -2.49. The summed E-state index contributed by atoms with van der Waals surface area (Å²) in [6, 6.07) is 14.7. The fourth-order valence-electron chi connectivity index (χ4n) is 1.69. The Labute approximate surface area is 112 Å². The van der Waals surface area contributed by atoms with Crippen LogP contribution in [0.1, 0.15) is 15.9 Å². The number of para-hydroxylation sites is 1. The van der Waals surface area contributed by atoms with E-state index in [1.807, 2.05) is 30.3 Å². The highest BCUT2D eigenvalue weighted by Gasteiger charge is 2.06.